The van der Waals surface area contributed by atoms with E-state index in [-0.39, 0.29) is 23.2 Å². The van der Waals surface area contributed by atoms with Gasteiger partial charge in [-0.1, -0.05) is 0 Å². The van der Waals surface area contributed by atoms with Crippen molar-refractivity contribution in [3.8, 4) is 6.07 Å². The number of hydrogen-bond donors (Lipinski definition) is 0. The molecule has 0 saturated carbocycles. The summed E-state index contributed by atoms with van der Waals surface area (Å²) in [7, 11) is 1.20. The maximum Gasteiger partial charge on any atom is 0.310 e. The van der Waals surface area contributed by atoms with Crippen LogP contribution < -0.4 is 0 Å². The fraction of sp³-hybridized carbons (Fsp3) is 0.200. The van der Waals surface area contributed by atoms with Gasteiger partial charge in [0.05, 0.1) is 24.0 Å². The molecule has 0 amide bonds. The molecule has 6 nitrogen and oxygen atoms in total. The summed E-state index contributed by atoms with van der Waals surface area (Å²) < 4.78 is 4.85. The Morgan fingerprint density at radius 3 is 2.76 bits per heavy atom. The normalized spacial score (nSPS) is 9.47. The lowest BCUT2D eigenvalue weighted by molar-refractivity contribution is -0.385. The monoisotopic (exact) mass is 298 g/mol. The molecular formula is C10H7BrN2O4. The van der Waals surface area contributed by atoms with Crippen LogP contribution in [0.25, 0.3) is 0 Å². The van der Waals surface area contributed by atoms with E-state index in [1.807, 2.05) is 6.07 Å². The van der Waals surface area contributed by atoms with Gasteiger partial charge < -0.3 is 4.74 Å². The number of nitriles is 1. The number of halogens is 1. The lowest BCUT2D eigenvalue weighted by atomic mass is 10.1. The van der Waals surface area contributed by atoms with Crippen LogP contribution in [0.1, 0.15) is 11.1 Å². The van der Waals surface area contributed by atoms with Crippen LogP contribution in [-0.4, -0.2) is 18.0 Å². The number of carbonyl (C=O) groups is 1. The molecule has 0 radical (unpaired) electrons. The van der Waals surface area contributed by atoms with Crippen LogP contribution in [0.3, 0.4) is 0 Å². The first-order valence-electron chi connectivity index (χ1n) is 4.43. The highest BCUT2D eigenvalue weighted by molar-refractivity contribution is 9.10. The summed E-state index contributed by atoms with van der Waals surface area (Å²) in [4.78, 5) is 21.3. The number of esters is 1. The van der Waals surface area contributed by atoms with Gasteiger partial charge in [0.15, 0.2) is 0 Å². The van der Waals surface area contributed by atoms with E-state index >= 15 is 0 Å². The minimum Gasteiger partial charge on any atom is -0.469 e. The Balaban J connectivity index is 3.29. The summed E-state index contributed by atoms with van der Waals surface area (Å²) in [5, 5.41) is 19.5. The second-order valence-corrected chi connectivity index (χ2v) is 3.94. The van der Waals surface area contributed by atoms with E-state index in [4.69, 9.17) is 5.26 Å². The minimum atomic E-state index is -0.633. The van der Waals surface area contributed by atoms with Crippen LogP contribution in [0.4, 0.5) is 5.69 Å². The Morgan fingerprint density at radius 2 is 2.29 bits per heavy atom. The Hall–Kier alpha value is -1.94. The quantitative estimate of drug-likeness (QED) is 0.483. The number of rotatable bonds is 3. The van der Waals surface area contributed by atoms with Gasteiger partial charge in [0.1, 0.15) is 6.07 Å². The predicted octanol–water partition coefficient (Wildman–Crippen LogP) is 1.94. The smallest absolute Gasteiger partial charge is 0.310 e. The molecular weight excluding hydrogens is 292 g/mol. The third kappa shape index (κ3) is 3.01. The molecule has 0 saturated heterocycles. The molecule has 7 heteroatoms. The van der Waals surface area contributed by atoms with Gasteiger partial charge in [0.2, 0.25) is 0 Å². The molecule has 0 aliphatic heterocycles. The second kappa shape index (κ2) is 5.41. The van der Waals surface area contributed by atoms with Gasteiger partial charge in [-0.05, 0) is 22.0 Å². The van der Waals surface area contributed by atoms with Crippen molar-refractivity contribution in [2.75, 3.05) is 7.11 Å². The largest absolute Gasteiger partial charge is 0.469 e. The summed E-state index contributed by atoms with van der Waals surface area (Å²) in [5.74, 6) is -0.579. The van der Waals surface area contributed by atoms with Crippen LogP contribution in [0.15, 0.2) is 16.6 Å². The molecule has 1 rings (SSSR count). The Kier molecular flexibility index (Phi) is 4.17. The van der Waals surface area contributed by atoms with Crippen molar-refractivity contribution >= 4 is 27.6 Å². The molecule has 0 atom stereocenters. The van der Waals surface area contributed by atoms with Crippen molar-refractivity contribution in [1.29, 1.82) is 5.26 Å². The number of nitrogens with zero attached hydrogens (tertiary/aromatic N) is 2. The number of hydrogen-bond acceptors (Lipinski definition) is 5. The lowest BCUT2D eigenvalue weighted by Gasteiger charge is -2.04. The van der Waals surface area contributed by atoms with E-state index in [0.29, 0.717) is 4.47 Å². The lowest BCUT2D eigenvalue weighted by Crippen LogP contribution is -2.07. The van der Waals surface area contributed by atoms with Gasteiger partial charge >= 0.3 is 5.97 Å². The fourth-order valence-corrected chi connectivity index (χ4v) is 1.71. The molecule has 0 aromatic heterocycles. The molecule has 1 aromatic rings. The Morgan fingerprint density at radius 1 is 1.65 bits per heavy atom. The summed E-state index contributed by atoms with van der Waals surface area (Å²) >= 11 is 3.11. The molecule has 88 valence electrons. The standard InChI is InChI=1S/C10H7BrN2O4/c1-17-10(14)4-6-2-8(11)7(5-12)3-9(6)13(15)16/h2-3H,4H2,1H3. The van der Waals surface area contributed by atoms with Crippen LogP contribution >= 0.6 is 15.9 Å². The SMILES string of the molecule is COC(=O)Cc1cc(Br)c(C#N)cc1[N+](=O)[O-]. The Labute approximate surface area is 105 Å². The number of nitro groups is 1. The van der Waals surface area contributed by atoms with Gasteiger partial charge in [-0.2, -0.15) is 5.26 Å². The van der Waals surface area contributed by atoms with E-state index in [0.717, 1.165) is 6.07 Å². The number of ether oxygens (including phenoxy) is 1. The van der Waals surface area contributed by atoms with Gasteiger partial charge in [-0.3, -0.25) is 14.9 Å². The predicted molar refractivity (Wildman–Crippen MR) is 61.2 cm³/mol. The van der Waals surface area contributed by atoms with E-state index in [1.54, 1.807) is 0 Å². The second-order valence-electron chi connectivity index (χ2n) is 3.08. The van der Waals surface area contributed by atoms with E-state index in [1.165, 1.54) is 13.2 Å². The van der Waals surface area contributed by atoms with Gasteiger partial charge in [-0.15, -0.1) is 0 Å². The zero-order valence-corrected chi connectivity index (χ0v) is 10.4. The van der Waals surface area contributed by atoms with Crippen LogP contribution in [0.5, 0.6) is 0 Å². The highest BCUT2D eigenvalue weighted by Crippen LogP contribution is 2.27. The first-order valence-corrected chi connectivity index (χ1v) is 5.22. The summed E-state index contributed by atoms with van der Waals surface area (Å²) in [6.07, 6.45) is -0.211. The highest BCUT2D eigenvalue weighted by Gasteiger charge is 2.19. The van der Waals surface area contributed by atoms with Gasteiger partial charge in [-0.25, -0.2) is 0 Å². The molecule has 0 spiro atoms. The highest BCUT2D eigenvalue weighted by atomic mass is 79.9. The molecule has 0 N–H and O–H groups in total. The van der Waals surface area contributed by atoms with Crippen molar-refractivity contribution in [2.45, 2.75) is 6.42 Å². The van der Waals surface area contributed by atoms with E-state index in [9.17, 15) is 14.9 Å². The van der Waals surface area contributed by atoms with Crippen molar-refractivity contribution in [2.24, 2.45) is 0 Å². The van der Waals surface area contributed by atoms with E-state index < -0.39 is 10.9 Å². The number of methoxy groups -OCH3 is 1. The molecule has 0 aliphatic rings. The molecule has 17 heavy (non-hydrogen) atoms. The van der Waals surface area contributed by atoms with Gasteiger partial charge in [0.25, 0.3) is 5.69 Å². The topological polar surface area (TPSA) is 93.2 Å². The maximum atomic E-state index is 11.1. The zero-order chi connectivity index (χ0) is 13.0. The molecule has 0 fully saturated rings. The van der Waals surface area contributed by atoms with Crippen molar-refractivity contribution in [1.82, 2.24) is 0 Å². The summed E-state index contributed by atoms with van der Waals surface area (Å²) in [6, 6.07) is 4.33. The van der Waals surface area contributed by atoms with Crippen LogP contribution in [-0.2, 0) is 16.0 Å². The summed E-state index contributed by atoms with van der Waals surface area (Å²) in [6.45, 7) is 0. The fourth-order valence-electron chi connectivity index (χ4n) is 1.23. The summed E-state index contributed by atoms with van der Waals surface area (Å²) in [5.41, 5.74) is 0.0770. The Bertz CT molecular complexity index is 522. The third-order valence-corrected chi connectivity index (χ3v) is 2.70. The molecule has 0 bridgehead atoms. The van der Waals surface area contributed by atoms with Crippen molar-refractivity contribution in [3.05, 3.63) is 37.8 Å². The third-order valence-electron chi connectivity index (χ3n) is 2.05. The minimum absolute atomic E-state index is 0.144. The number of carbonyl (C=O) groups excluding carboxylic acids is 1. The molecule has 1 aromatic carbocycles. The number of nitro benzene ring substituents is 1. The average Bonchev–Trinajstić information content (AvgIpc) is 2.28. The molecule has 0 heterocycles. The molecule has 0 unspecified atom stereocenters. The molecule has 0 aliphatic carbocycles. The van der Waals surface area contributed by atoms with Crippen LogP contribution in [0, 0.1) is 21.4 Å². The van der Waals surface area contributed by atoms with Gasteiger partial charge in [0, 0.05) is 16.1 Å². The first-order chi connectivity index (χ1) is 7.99. The average molecular weight is 299 g/mol. The van der Waals surface area contributed by atoms with Crippen molar-refractivity contribution < 1.29 is 14.5 Å². The van der Waals surface area contributed by atoms with E-state index in [2.05, 4.69) is 20.7 Å². The van der Waals surface area contributed by atoms with Crippen LogP contribution in [0.2, 0.25) is 0 Å². The first kappa shape index (κ1) is 13.1. The van der Waals surface area contributed by atoms with Crippen molar-refractivity contribution in [3.63, 3.8) is 0 Å². The number of benzene rings is 1. The maximum absolute atomic E-state index is 11.1. The zero-order valence-electron chi connectivity index (χ0n) is 8.77.